The molecule has 0 aliphatic heterocycles. The van der Waals surface area contributed by atoms with Crippen LogP contribution in [0.4, 0.5) is 4.39 Å². The van der Waals surface area contributed by atoms with E-state index in [0.717, 1.165) is 18.7 Å². The van der Waals surface area contributed by atoms with Crippen molar-refractivity contribution in [3.8, 4) is 0 Å². The zero-order valence-electron chi connectivity index (χ0n) is 12.0. The van der Waals surface area contributed by atoms with Gasteiger partial charge in [0.15, 0.2) is 0 Å². The number of thioether (sulfide) groups is 1. The molecule has 4 heteroatoms. The number of hydrogen-bond acceptors (Lipinski definition) is 3. The molecule has 0 aliphatic rings. The van der Waals surface area contributed by atoms with Crippen LogP contribution in [0.25, 0.3) is 0 Å². The molecule has 0 saturated carbocycles. The summed E-state index contributed by atoms with van der Waals surface area (Å²) in [7, 11) is 0. The van der Waals surface area contributed by atoms with Gasteiger partial charge in [0.1, 0.15) is 5.82 Å². The lowest BCUT2D eigenvalue weighted by Crippen LogP contribution is -2.22. The first-order valence-corrected chi connectivity index (χ1v) is 8.51. The van der Waals surface area contributed by atoms with Crippen molar-refractivity contribution in [1.29, 1.82) is 0 Å². The van der Waals surface area contributed by atoms with Crippen molar-refractivity contribution >= 4 is 11.8 Å². The van der Waals surface area contributed by atoms with Gasteiger partial charge in [-0.15, -0.1) is 0 Å². The van der Waals surface area contributed by atoms with E-state index in [1.165, 1.54) is 43.7 Å². The van der Waals surface area contributed by atoms with Crippen LogP contribution >= 0.6 is 11.8 Å². The van der Waals surface area contributed by atoms with Gasteiger partial charge >= 0.3 is 0 Å². The highest BCUT2D eigenvalue weighted by atomic mass is 32.2. The number of pyridine rings is 1. The standard InChI is InChI=1S/C15H25FN2S/c1-3-14(15-9-8-13(16)12-18-15)17-10-6-4-5-7-11-19-2/h8-9,12,14,17H,3-7,10-11H2,1-2H3. The van der Waals surface area contributed by atoms with Crippen molar-refractivity contribution in [3.05, 3.63) is 29.8 Å². The second-order valence-corrected chi connectivity index (χ2v) is 5.71. The van der Waals surface area contributed by atoms with Crippen molar-refractivity contribution in [1.82, 2.24) is 10.3 Å². The van der Waals surface area contributed by atoms with Gasteiger partial charge in [-0.1, -0.05) is 19.8 Å². The highest BCUT2D eigenvalue weighted by Gasteiger charge is 2.09. The molecule has 0 aliphatic carbocycles. The van der Waals surface area contributed by atoms with Crippen molar-refractivity contribution in [3.63, 3.8) is 0 Å². The third kappa shape index (κ3) is 6.92. The summed E-state index contributed by atoms with van der Waals surface area (Å²) in [5.74, 6) is 0.997. The van der Waals surface area contributed by atoms with Gasteiger partial charge in [0.2, 0.25) is 0 Å². The Kier molecular flexibility index (Phi) is 8.84. The van der Waals surface area contributed by atoms with Crippen molar-refractivity contribution < 1.29 is 4.39 Å². The number of rotatable bonds is 10. The number of nitrogens with one attached hydrogen (secondary N) is 1. The molecule has 1 atom stereocenters. The monoisotopic (exact) mass is 284 g/mol. The number of aromatic nitrogens is 1. The molecule has 1 aromatic rings. The maximum absolute atomic E-state index is 12.8. The fourth-order valence-corrected chi connectivity index (χ4v) is 2.55. The number of nitrogens with zero attached hydrogens (tertiary/aromatic N) is 1. The molecule has 0 bridgehead atoms. The molecule has 0 fully saturated rings. The van der Waals surface area contributed by atoms with Crippen molar-refractivity contribution in [2.45, 2.75) is 45.1 Å². The third-order valence-corrected chi connectivity index (χ3v) is 3.88. The van der Waals surface area contributed by atoms with Crippen LogP contribution < -0.4 is 5.32 Å². The second-order valence-electron chi connectivity index (χ2n) is 4.72. The highest BCUT2D eigenvalue weighted by Crippen LogP contribution is 2.14. The molecule has 0 radical (unpaired) electrons. The molecule has 1 unspecified atom stereocenters. The summed E-state index contributed by atoms with van der Waals surface area (Å²) < 4.78 is 12.8. The Bertz CT molecular complexity index is 329. The molecule has 19 heavy (non-hydrogen) atoms. The van der Waals surface area contributed by atoms with Gasteiger partial charge in [-0.2, -0.15) is 11.8 Å². The first-order chi connectivity index (χ1) is 9.27. The van der Waals surface area contributed by atoms with Gasteiger partial charge in [-0.05, 0) is 49.9 Å². The van der Waals surface area contributed by atoms with E-state index in [2.05, 4.69) is 23.5 Å². The molecule has 1 N–H and O–H groups in total. The molecule has 0 saturated heterocycles. The molecular formula is C15H25FN2S. The average Bonchev–Trinajstić information content (AvgIpc) is 2.43. The minimum absolute atomic E-state index is 0.242. The van der Waals surface area contributed by atoms with E-state index >= 15 is 0 Å². The lowest BCUT2D eigenvalue weighted by Gasteiger charge is -2.16. The third-order valence-electron chi connectivity index (χ3n) is 3.18. The summed E-state index contributed by atoms with van der Waals surface area (Å²) in [6.45, 7) is 3.14. The minimum atomic E-state index is -0.271. The van der Waals surface area contributed by atoms with Crippen LogP contribution in [0.2, 0.25) is 0 Å². The number of halogens is 1. The Morgan fingerprint density at radius 3 is 2.68 bits per heavy atom. The summed E-state index contributed by atoms with van der Waals surface area (Å²) in [5, 5.41) is 3.51. The normalized spacial score (nSPS) is 12.6. The van der Waals surface area contributed by atoms with E-state index in [1.54, 1.807) is 6.07 Å². The average molecular weight is 284 g/mol. The maximum Gasteiger partial charge on any atom is 0.141 e. The van der Waals surface area contributed by atoms with Crippen LogP contribution in [0.15, 0.2) is 18.3 Å². The predicted octanol–water partition coefficient (Wildman–Crippen LogP) is 4.18. The maximum atomic E-state index is 12.8. The first-order valence-electron chi connectivity index (χ1n) is 7.11. The first kappa shape index (κ1) is 16.4. The van der Waals surface area contributed by atoms with Crippen LogP contribution in [0.5, 0.6) is 0 Å². The van der Waals surface area contributed by atoms with E-state index in [0.29, 0.717) is 0 Å². The van der Waals surface area contributed by atoms with Crippen LogP contribution in [-0.4, -0.2) is 23.5 Å². The Hall–Kier alpha value is -0.610. The molecule has 0 spiro atoms. The SMILES string of the molecule is CCC(NCCCCCCSC)c1ccc(F)cn1. The van der Waals surface area contributed by atoms with E-state index in [9.17, 15) is 4.39 Å². The van der Waals surface area contributed by atoms with Crippen LogP contribution in [0.3, 0.4) is 0 Å². The summed E-state index contributed by atoms with van der Waals surface area (Å²) in [6.07, 6.45) is 9.54. The molecular weight excluding hydrogens is 259 g/mol. The van der Waals surface area contributed by atoms with Crippen molar-refractivity contribution in [2.75, 3.05) is 18.6 Å². The van der Waals surface area contributed by atoms with Gasteiger partial charge in [-0.3, -0.25) is 4.98 Å². The lowest BCUT2D eigenvalue weighted by molar-refractivity contribution is 0.487. The summed E-state index contributed by atoms with van der Waals surface area (Å²) in [5.41, 5.74) is 0.936. The Morgan fingerprint density at radius 2 is 2.05 bits per heavy atom. The number of unbranched alkanes of at least 4 members (excludes halogenated alkanes) is 3. The van der Waals surface area contributed by atoms with E-state index in [4.69, 9.17) is 0 Å². The second kappa shape index (κ2) is 10.2. The van der Waals surface area contributed by atoms with Gasteiger partial charge in [0.25, 0.3) is 0 Å². The Balaban J connectivity index is 2.20. The van der Waals surface area contributed by atoms with Gasteiger partial charge in [0.05, 0.1) is 11.9 Å². The van der Waals surface area contributed by atoms with E-state index < -0.39 is 0 Å². The molecule has 2 nitrogen and oxygen atoms in total. The van der Waals surface area contributed by atoms with Crippen LogP contribution in [0, 0.1) is 5.82 Å². The smallest absolute Gasteiger partial charge is 0.141 e. The Labute approximate surface area is 120 Å². The van der Waals surface area contributed by atoms with Gasteiger partial charge < -0.3 is 5.32 Å². The molecule has 1 rings (SSSR count). The topological polar surface area (TPSA) is 24.9 Å². The molecule has 0 aromatic carbocycles. The largest absolute Gasteiger partial charge is 0.309 e. The van der Waals surface area contributed by atoms with Gasteiger partial charge in [-0.25, -0.2) is 4.39 Å². The zero-order valence-corrected chi connectivity index (χ0v) is 12.8. The fourth-order valence-electron chi connectivity index (χ4n) is 2.05. The van der Waals surface area contributed by atoms with Crippen molar-refractivity contribution in [2.24, 2.45) is 0 Å². The highest BCUT2D eigenvalue weighted by molar-refractivity contribution is 7.98. The number of hydrogen-bond donors (Lipinski definition) is 1. The molecule has 108 valence electrons. The quantitative estimate of drug-likeness (QED) is 0.652. The fraction of sp³-hybridized carbons (Fsp3) is 0.667. The molecule has 1 aromatic heterocycles. The molecule has 0 amide bonds. The van der Waals surface area contributed by atoms with Crippen LogP contribution in [-0.2, 0) is 0 Å². The Morgan fingerprint density at radius 1 is 1.26 bits per heavy atom. The van der Waals surface area contributed by atoms with Crippen LogP contribution in [0.1, 0.15) is 50.8 Å². The summed E-state index contributed by atoms with van der Waals surface area (Å²) >= 11 is 1.92. The minimum Gasteiger partial charge on any atom is -0.309 e. The van der Waals surface area contributed by atoms with E-state index in [-0.39, 0.29) is 11.9 Å². The van der Waals surface area contributed by atoms with Gasteiger partial charge in [0, 0.05) is 6.04 Å². The summed E-state index contributed by atoms with van der Waals surface area (Å²) in [6, 6.07) is 3.50. The predicted molar refractivity (Wildman–Crippen MR) is 82.1 cm³/mol. The summed E-state index contributed by atoms with van der Waals surface area (Å²) in [4.78, 5) is 4.15. The molecule has 1 heterocycles. The van der Waals surface area contributed by atoms with E-state index in [1.807, 2.05) is 11.8 Å². The lowest BCUT2D eigenvalue weighted by atomic mass is 10.1. The zero-order chi connectivity index (χ0) is 13.9.